The van der Waals surface area contributed by atoms with Gasteiger partial charge in [-0.15, -0.1) is 0 Å². The summed E-state index contributed by atoms with van der Waals surface area (Å²) in [5.74, 6) is 0.903. The molecule has 0 fully saturated rings. The molecule has 0 aliphatic carbocycles. The van der Waals surface area contributed by atoms with E-state index in [1.54, 1.807) is 25.1 Å². The number of aryl methyl sites for hydroxylation is 1. The van der Waals surface area contributed by atoms with E-state index < -0.39 is 0 Å². The molecule has 3 N–H and O–H groups in total. The molecule has 2 aromatic carbocycles. The lowest BCUT2D eigenvalue weighted by molar-refractivity contribution is -0.115. The molecule has 0 bridgehead atoms. The summed E-state index contributed by atoms with van der Waals surface area (Å²) >= 11 is 0. The van der Waals surface area contributed by atoms with E-state index in [0.29, 0.717) is 34.1 Å². The van der Waals surface area contributed by atoms with Gasteiger partial charge in [0.1, 0.15) is 5.76 Å². The number of carbonyl (C=O) groups is 1. The third kappa shape index (κ3) is 3.14. The van der Waals surface area contributed by atoms with Gasteiger partial charge in [0.2, 0.25) is 11.8 Å². The minimum absolute atomic E-state index is 0.101. The van der Waals surface area contributed by atoms with Crippen molar-refractivity contribution in [3.63, 3.8) is 0 Å². The van der Waals surface area contributed by atoms with E-state index in [-0.39, 0.29) is 18.0 Å². The van der Waals surface area contributed by atoms with Gasteiger partial charge in [-0.3, -0.25) is 4.79 Å². The third-order valence-corrected chi connectivity index (χ3v) is 4.04. The first-order valence-electron chi connectivity index (χ1n) is 8.12. The molecular formula is C19H16N4O3. The van der Waals surface area contributed by atoms with E-state index in [1.807, 2.05) is 30.3 Å². The number of nitrogens with zero attached hydrogens (tertiary/aromatic N) is 1. The van der Waals surface area contributed by atoms with Crippen LogP contribution >= 0.6 is 0 Å². The van der Waals surface area contributed by atoms with Gasteiger partial charge in [0, 0.05) is 11.3 Å². The molecule has 0 atom stereocenters. The van der Waals surface area contributed by atoms with Crippen LogP contribution in [-0.4, -0.2) is 20.9 Å². The Kier molecular flexibility index (Phi) is 3.89. The first-order valence-corrected chi connectivity index (χ1v) is 8.12. The maximum atomic E-state index is 12.3. The van der Waals surface area contributed by atoms with E-state index in [4.69, 9.17) is 4.42 Å². The zero-order valence-electron chi connectivity index (χ0n) is 14.0. The van der Waals surface area contributed by atoms with Crippen molar-refractivity contribution in [1.82, 2.24) is 15.0 Å². The van der Waals surface area contributed by atoms with Crippen molar-refractivity contribution in [3.8, 4) is 11.5 Å². The molecule has 7 nitrogen and oxygen atoms in total. The largest absolute Gasteiger partial charge is 0.441 e. The fourth-order valence-electron chi connectivity index (χ4n) is 2.76. The third-order valence-electron chi connectivity index (χ3n) is 4.04. The molecule has 0 aliphatic heterocycles. The molecule has 130 valence electrons. The average molecular weight is 348 g/mol. The van der Waals surface area contributed by atoms with Gasteiger partial charge >= 0.3 is 5.69 Å². The normalized spacial score (nSPS) is 11.0. The number of rotatable bonds is 4. The zero-order valence-corrected chi connectivity index (χ0v) is 14.0. The van der Waals surface area contributed by atoms with E-state index in [0.717, 1.165) is 5.56 Å². The van der Waals surface area contributed by atoms with Crippen LogP contribution in [0.5, 0.6) is 0 Å². The summed E-state index contributed by atoms with van der Waals surface area (Å²) in [6.07, 6.45) is 0.101. The minimum atomic E-state index is -0.282. The number of hydrogen-bond acceptors (Lipinski definition) is 4. The lowest BCUT2D eigenvalue weighted by Gasteiger charge is -2.04. The lowest BCUT2D eigenvalue weighted by Crippen LogP contribution is -2.15. The molecule has 0 unspecified atom stereocenters. The Bertz CT molecular complexity index is 1140. The highest BCUT2D eigenvalue weighted by Crippen LogP contribution is 2.22. The highest BCUT2D eigenvalue weighted by molar-refractivity contribution is 5.94. The van der Waals surface area contributed by atoms with Crippen molar-refractivity contribution in [2.75, 3.05) is 5.32 Å². The summed E-state index contributed by atoms with van der Waals surface area (Å²) in [4.78, 5) is 33.4. The Morgan fingerprint density at radius 3 is 2.69 bits per heavy atom. The van der Waals surface area contributed by atoms with Gasteiger partial charge in [0.05, 0.1) is 23.1 Å². The molecule has 0 saturated heterocycles. The molecule has 26 heavy (non-hydrogen) atoms. The smallest absolute Gasteiger partial charge is 0.323 e. The van der Waals surface area contributed by atoms with Crippen molar-refractivity contribution in [2.24, 2.45) is 0 Å². The van der Waals surface area contributed by atoms with Crippen molar-refractivity contribution >= 4 is 22.6 Å². The number of anilines is 1. The monoisotopic (exact) mass is 348 g/mol. The summed E-state index contributed by atoms with van der Waals surface area (Å²) < 4.78 is 5.68. The molecule has 7 heteroatoms. The Hall–Kier alpha value is -3.61. The predicted molar refractivity (Wildman–Crippen MR) is 97.9 cm³/mol. The van der Waals surface area contributed by atoms with Crippen LogP contribution in [0.1, 0.15) is 11.5 Å². The van der Waals surface area contributed by atoms with Crippen molar-refractivity contribution < 1.29 is 9.21 Å². The van der Waals surface area contributed by atoms with Crippen molar-refractivity contribution in [2.45, 2.75) is 13.3 Å². The standard InChI is InChI=1S/C19H16N4O3/c1-11-15(21-18(26-11)12-5-3-2-4-6-12)10-17(24)20-13-7-8-14-16(9-13)23-19(25)22-14/h2-9H,10H2,1H3,(H,20,24)(H2,22,23,25). The highest BCUT2D eigenvalue weighted by Gasteiger charge is 2.15. The summed E-state index contributed by atoms with van der Waals surface area (Å²) in [6, 6.07) is 14.7. The second-order valence-electron chi connectivity index (χ2n) is 5.95. The van der Waals surface area contributed by atoms with Crippen LogP contribution in [0.15, 0.2) is 57.7 Å². The number of oxazole rings is 1. The first-order chi connectivity index (χ1) is 12.6. The number of aromatic amines is 2. The predicted octanol–water partition coefficient (Wildman–Crippen LogP) is 3.00. The number of imidazole rings is 1. The summed E-state index contributed by atoms with van der Waals surface area (Å²) in [5.41, 5.74) is 3.10. The summed E-state index contributed by atoms with van der Waals surface area (Å²) in [5, 5.41) is 2.81. The molecule has 2 heterocycles. The van der Waals surface area contributed by atoms with Crippen LogP contribution in [0.4, 0.5) is 5.69 Å². The number of carbonyl (C=O) groups excluding carboxylic acids is 1. The Balaban J connectivity index is 1.50. The van der Waals surface area contributed by atoms with Crippen LogP contribution in [0.25, 0.3) is 22.5 Å². The number of fused-ring (bicyclic) bond motifs is 1. The fraction of sp³-hybridized carbons (Fsp3) is 0.105. The van der Waals surface area contributed by atoms with Crippen LogP contribution in [0, 0.1) is 6.92 Å². The number of H-pyrrole nitrogens is 2. The van der Waals surface area contributed by atoms with E-state index in [1.165, 1.54) is 0 Å². The van der Waals surface area contributed by atoms with Gasteiger partial charge in [-0.1, -0.05) is 18.2 Å². The maximum absolute atomic E-state index is 12.3. The Morgan fingerprint density at radius 1 is 1.12 bits per heavy atom. The van der Waals surface area contributed by atoms with Crippen molar-refractivity contribution in [1.29, 1.82) is 0 Å². The van der Waals surface area contributed by atoms with Gasteiger partial charge in [-0.05, 0) is 37.3 Å². The molecule has 4 aromatic rings. The highest BCUT2D eigenvalue weighted by atomic mass is 16.4. The van der Waals surface area contributed by atoms with Crippen LogP contribution < -0.4 is 11.0 Å². The lowest BCUT2D eigenvalue weighted by atomic mass is 10.2. The SMILES string of the molecule is Cc1oc(-c2ccccc2)nc1CC(=O)Nc1ccc2[nH]c(=O)[nH]c2c1. The van der Waals surface area contributed by atoms with Crippen LogP contribution in [-0.2, 0) is 11.2 Å². The second kappa shape index (κ2) is 6.36. The van der Waals surface area contributed by atoms with Crippen molar-refractivity contribution in [3.05, 3.63) is 70.5 Å². The molecule has 1 amide bonds. The topological polar surface area (TPSA) is 104 Å². The maximum Gasteiger partial charge on any atom is 0.323 e. The van der Waals surface area contributed by atoms with E-state index >= 15 is 0 Å². The first kappa shape index (κ1) is 15.9. The number of benzene rings is 2. The van der Waals surface area contributed by atoms with Gasteiger partial charge in [0.15, 0.2) is 0 Å². The molecule has 0 spiro atoms. The van der Waals surface area contributed by atoms with Gasteiger partial charge in [-0.25, -0.2) is 9.78 Å². The second-order valence-corrected chi connectivity index (χ2v) is 5.95. The molecule has 0 aliphatic rings. The van der Waals surface area contributed by atoms with E-state index in [2.05, 4.69) is 20.3 Å². The Morgan fingerprint density at radius 2 is 1.88 bits per heavy atom. The van der Waals surface area contributed by atoms with Gasteiger partial charge in [0.25, 0.3) is 0 Å². The fourth-order valence-corrected chi connectivity index (χ4v) is 2.76. The molecule has 4 rings (SSSR count). The minimum Gasteiger partial charge on any atom is -0.441 e. The van der Waals surface area contributed by atoms with Crippen LogP contribution in [0.3, 0.4) is 0 Å². The molecule has 2 aromatic heterocycles. The summed E-state index contributed by atoms with van der Waals surface area (Å²) in [7, 11) is 0. The number of nitrogens with one attached hydrogen (secondary N) is 3. The molecular weight excluding hydrogens is 332 g/mol. The molecule has 0 radical (unpaired) electrons. The zero-order chi connectivity index (χ0) is 18.1. The summed E-state index contributed by atoms with van der Waals surface area (Å²) in [6.45, 7) is 1.79. The quantitative estimate of drug-likeness (QED) is 0.527. The van der Waals surface area contributed by atoms with Crippen LogP contribution in [0.2, 0.25) is 0 Å². The molecule has 0 saturated carbocycles. The van der Waals surface area contributed by atoms with Gasteiger partial charge < -0.3 is 19.7 Å². The number of amides is 1. The average Bonchev–Trinajstić information content (AvgIpc) is 3.17. The number of hydrogen-bond donors (Lipinski definition) is 3. The number of aromatic nitrogens is 3. The van der Waals surface area contributed by atoms with Gasteiger partial charge in [-0.2, -0.15) is 0 Å². The Labute approximate surface area is 148 Å². The van der Waals surface area contributed by atoms with E-state index in [9.17, 15) is 9.59 Å².